The van der Waals surface area contributed by atoms with Gasteiger partial charge in [0, 0.05) is 11.1 Å². The summed E-state index contributed by atoms with van der Waals surface area (Å²) in [4.78, 5) is 29.5. The van der Waals surface area contributed by atoms with Crippen LogP contribution < -0.4 is 0 Å². The summed E-state index contributed by atoms with van der Waals surface area (Å²) in [5, 5.41) is 0. The summed E-state index contributed by atoms with van der Waals surface area (Å²) >= 11 is 0. The molecule has 2 bridgehead atoms. The molecule has 0 spiro atoms. The van der Waals surface area contributed by atoms with Crippen molar-refractivity contribution in [1.82, 2.24) is 0 Å². The lowest BCUT2D eigenvalue weighted by atomic mass is 9.70. The highest BCUT2D eigenvalue weighted by Crippen LogP contribution is 2.64. The van der Waals surface area contributed by atoms with Gasteiger partial charge in [0.15, 0.2) is 6.04 Å². The average molecular weight is 366 g/mol. The number of aliphatic imine (C=N–C) groups is 1. The van der Waals surface area contributed by atoms with Gasteiger partial charge in [0.25, 0.3) is 0 Å². The normalized spacial score (nSPS) is 30.9. The molecule has 4 atom stereocenters. The van der Waals surface area contributed by atoms with Crippen LogP contribution >= 0.6 is 0 Å². The molecule has 2 fully saturated rings. The van der Waals surface area contributed by atoms with Gasteiger partial charge in [-0.2, -0.15) is 0 Å². The summed E-state index contributed by atoms with van der Waals surface area (Å²) in [7, 11) is 1.36. The second-order valence-corrected chi connectivity index (χ2v) is 9.81. The molecule has 0 amide bonds. The summed E-state index contributed by atoms with van der Waals surface area (Å²) < 4.78 is 10.4. The van der Waals surface area contributed by atoms with Crippen LogP contribution in [0.5, 0.6) is 0 Å². The maximum atomic E-state index is 12.8. The molecule has 0 aromatic carbocycles. The standard InChI is InChI=1S/C21H35NO4/c1-13(11-16(23)25-8)17(18(24)26-19(2,3)4)22-15-12-14-9-10-21(15,7)20(14,5)6/h13-14,17H,9-12H2,1-8H3/t13-,14-,17-,21+/m1/s1. The minimum atomic E-state index is -0.671. The highest BCUT2D eigenvalue weighted by atomic mass is 16.6. The quantitative estimate of drug-likeness (QED) is 0.686. The molecular formula is C21H35NO4. The fraction of sp³-hybridized carbons (Fsp3) is 0.857. The first-order chi connectivity index (χ1) is 11.8. The Bertz CT molecular complexity index is 602. The van der Waals surface area contributed by atoms with Crippen LogP contribution in [-0.4, -0.2) is 36.4 Å². The topological polar surface area (TPSA) is 65.0 Å². The van der Waals surface area contributed by atoms with Crippen LogP contribution in [0.1, 0.15) is 74.1 Å². The molecule has 5 heteroatoms. The zero-order valence-corrected chi connectivity index (χ0v) is 17.6. The fourth-order valence-corrected chi connectivity index (χ4v) is 4.52. The maximum absolute atomic E-state index is 12.8. The van der Waals surface area contributed by atoms with Crippen LogP contribution in [-0.2, 0) is 19.1 Å². The summed E-state index contributed by atoms with van der Waals surface area (Å²) in [6, 6.07) is -0.671. The van der Waals surface area contributed by atoms with E-state index in [9.17, 15) is 9.59 Å². The number of methoxy groups -OCH3 is 1. The Labute approximate surface area is 157 Å². The Morgan fingerprint density at radius 3 is 2.31 bits per heavy atom. The molecule has 2 aliphatic carbocycles. The highest BCUT2D eigenvalue weighted by molar-refractivity contribution is 5.96. The zero-order chi connectivity index (χ0) is 19.9. The van der Waals surface area contributed by atoms with Crippen molar-refractivity contribution in [3.8, 4) is 0 Å². The third-order valence-corrected chi connectivity index (χ3v) is 6.71. The van der Waals surface area contributed by atoms with Gasteiger partial charge in [-0.3, -0.25) is 9.79 Å². The molecule has 0 saturated heterocycles. The van der Waals surface area contributed by atoms with Crippen molar-refractivity contribution < 1.29 is 19.1 Å². The smallest absolute Gasteiger partial charge is 0.331 e. The summed E-state index contributed by atoms with van der Waals surface area (Å²) in [5.41, 5.74) is 0.739. The molecule has 2 saturated carbocycles. The third-order valence-electron chi connectivity index (χ3n) is 6.71. The van der Waals surface area contributed by atoms with Crippen LogP contribution in [0.15, 0.2) is 4.99 Å². The Kier molecular flexibility index (Phi) is 5.61. The van der Waals surface area contributed by atoms with Crippen LogP contribution in [0.3, 0.4) is 0 Å². The molecule has 2 rings (SSSR count). The van der Waals surface area contributed by atoms with Crippen molar-refractivity contribution in [3.05, 3.63) is 0 Å². The Morgan fingerprint density at radius 1 is 1.27 bits per heavy atom. The van der Waals surface area contributed by atoms with Crippen molar-refractivity contribution in [1.29, 1.82) is 0 Å². The first kappa shape index (κ1) is 20.9. The van der Waals surface area contributed by atoms with Crippen molar-refractivity contribution in [2.45, 2.75) is 85.8 Å². The molecule has 0 heterocycles. The van der Waals surface area contributed by atoms with Gasteiger partial charge in [-0.25, -0.2) is 4.79 Å². The maximum Gasteiger partial charge on any atom is 0.331 e. The number of carbonyl (C=O) groups excluding carboxylic acids is 2. The molecule has 0 aromatic heterocycles. The predicted molar refractivity (Wildman–Crippen MR) is 102 cm³/mol. The fourth-order valence-electron chi connectivity index (χ4n) is 4.52. The number of esters is 2. The van der Waals surface area contributed by atoms with Gasteiger partial charge in [0.1, 0.15) is 5.60 Å². The molecule has 0 radical (unpaired) electrons. The lowest BCUT2D eigenvalue weighted by Crippen LogP contribution is -2.38. The van der Waals surface area contributed by atoms with E-state index < -0.39 is 11.6 Å². The van der Waals surface area contributed by atoms with E-state index in [1.54, 1.807) is 0 Å². The van der Waals surface area contributed by atoms with Gasteiger partial charge in [-0.15, -0.1) is 0 Å². The molecule has 148 valence electrons. The molecule has 0 aromatic rings. The van der Waals surface area contributed by atoms with Crippen molar-refractivity contribution in [3.63, 3.8) is 0 Å². The highest BCUT2D eigenvalue weighted by Gasteiger charge is 2.60. The molecule has 2 aliphatic rings. The van der Waals surface area contributed by atoms with E-state index in [0.29, 0.717) is 5.92 Å². The number of nitrogens with zero attached hydrogens (tertiary/aromatic N) is 1. The Hall–Kier alpha value is -1.39. The minimum absolute atomic E-state index is 0.0168. The first-order valence-electron chi connectivity index (χ1n) is 9.68. The number of hydrogen-bond acceptors (Lipinski definition) is 5. The second-order valence-electron chi connectivity index (χ2n) is 9.81. The molecule has 26 heavy (non-hydrogen) atoms. The van der Waals surface area contributed by atoms with E-state index in [1.807, 2.05) is 27.7 Å². The van der Waals surface area contributed by atoms with Crippen molar-refractivity contribution in [2.24, 2.45) is 27.7 Å². The van der Waals surface area contributed by atoms with Gasteiger partial charge in [0.2, 0.25) is 0 Å². The van der Waals surface area contributed by atoms with Crippen LogP contribution in [0.4, 0.5) is 0 Å². The molecule has 0 aliphatic heterocycles. The SMILES string of the molecule is COC(=O)C[C@@H](C)[C@@H](N=C1C[C@H]2CC[C@]1(C)C2(C)C)C(=O)OC(C)(C)C. The van der Waals surface area contributed by atoms with Crippen LogP contribution in [0, 0.1) is 22.7 Å². The van der Waals surface area contributed by atoms with E-state index in [2.05, 4.69) is 20.8 Å². The van der Waals surface area contributed by atoms with E-state index in [0.717, 1.165) is 18.6 Å². The summed E-state index contributed by atoms with van der Waals surface area (Å²) in [6.07, 6.45) is 3.42. The number of rotatable bonds is 5. The van der Waals surface area contributed by atoms with Gasteiger partial charge in [-0.1, -0.05) is 27.7 Å². The average Bonchev–Trinajstić information content (AvgIpc) is 2.83. The molecule has 0 N–H and O–H groups in total. The van der Waals surface area contributed by atoms with Gasteiger partial charge in [-0.05, 0) is 57.3 Å². The monoisotopic (exact) mass is 365 g/mol. The lowest BCUT2D eigenvalue weighted by Gasteiger charge is -2.35. The van der Waals surface area contributed by atoms with E-state index in [-0.39, 0.29) is 35.1 Å². The minimum Gasteiger partial charge on any atom is -0.469 e. The van der Waals surface area contributed by atoms with E-state index in [4.69, 9.17) is 14.5 Å². The molecule has 5 nitrogen and oxygen atoms in total. The Morgan fingerprint density at radius 2 is 1.88 bits per heavy atom. The van der Waals surface area contributed by atoms with Gasteiger partial charge >= 0.3 is 11.9 Å². The first-order valence-corrected chi connectivity index (χ1v) is 9.68. The van der Waals surface area contributed by atoms with Crippen LogP contribution in [0.2, 0.25) is 0 Å². The van der Waals surface area contributed by atoms with Gasteiger partial charge in [0.05, 0.1) is 13.5 Å². The molecule has 0 unspecified atom stereocenters. The summed E-state index contributed by atoms with van der Waals surface area (Å²) in [6.45, 7) is 14.3. The van der Waals surface area contributed by atoms with Crippen molar-refractivity contribution in [2.75, 3.05) is 7.11 Å². The molecular weight excluding hydrogens is 330 g/mol. The lowest BCUT2D eigenvalue weighted by molar-refractivity contribution is -0.158. The number of fused-ring (bicyclic) bond motifs is 2. The van der Waals surface area contributed by atoms with E-state index in [1.165, 1.54) is 13.5 Å². The Balaban J connectivity index is 2.32. The second kappa shape index (κ2) is 6.97. The number of hydrogen-bond donors (Lipinski definition) is 0. The largest absolute Gasteiger partial charge is 0.469 e. The summed E-state index contributed by atoms with van der Waals surface area (Å²) in [5.74, 6) is -0.339. The number of ether oxygens (including phenoxy) is 2. The van der Waals surface area contributed by atoms with Gasteiger partial charge < -0.3 is 9.47 Å². The third kappa shape index (κ3) is 3.81. The van der Waals surface area contributed by atoms with E-state index >= 15 is 0 Å². The zero-order valence-electron chi connectivity index (χ0n) is 17.6. The number of carbonyl (C=O) groups is 2. The predicted octanol–water partition coefficient (Wildman–Crippen LogP) is 4.18. The van der Waals surface area contributed by atoms with Crippen LogP contribution in [0.25, 0.3) is 0 Å². The van der Waals surface area contributed by atoms with Crippen molar-refractivity contribution >= 4 is 17.7 Å².